The third-order valence-corrected chi connectivity index (χ3v) is 1.34. The van der Waals surface area contributed by atoms with Gasteiger partial charge in [0.2, 0.25) is 0 Å². The van der Waals surface area contributed by atoms with Crippen molar-refractivity contribution in [1.82, 2.24) is 0 Å². The highest BCUT2D eigenvalue weighted by molar-refractivity contribution is 6.30. The Morgan fingerprint density at radius 3 is 2.00 bits per heavy atom. The summed E-state index contributed by atoms with van der Waals surface area (Å²) in [5.41, 5.74) is 0.254. The van der Waals surface area contributed by atoms with Gasteiger partial charge in [-0.2, -0.15) is 0 Å². The molecule has 0 aromatic heterocycles. The van der Waals surface area contributed by atoms with E-state index >= 15 is 0 Å². The maximum atomic E-state index is 10.3. The molecule has 12 heavy (non-hydrogen) atoms. The van der Waals surface area contributed by atoms with Gasteiger partial charge in [-0.15, -0.1) is 0 Å². The standard InChI is InChI=1S/C7H5ClO2.C2H6/c8-6-3-1-5(2-4-6)7(9)10;1-2/h1-4H,(H,9,10);1-2H3. The van der Waals surface area contributed by atoms with E-state index in [1.54, 1.807) is 12.1 Å². The van der Waals surface area contributed by atoms with Gasteiger partial charge in [-0.05, 0) is 24.3 Å². The van der Waals surface area contributed by atoms with Gasteiger partial charge in [0, 0.05) is 5.02 Å². The lowest BCUT2D eigenvalue weighted by Gasteiger charge is -1.91. The summed E-state index contributed by atoms with van der Waals surface area (Å²) in [7, 11) is 0. The van der Waals surface area contributed by atoms with E-state index < -0.39 is 5.97 Å². The Hall–Kier alpha value is -1.02. The zero-order chi connectivity index (χ0) is 9.56. The van der Waals surface area contributed by atoms with E-state index in [0.717, 1.165) is 0 Å². The van der Waals surface area contributed by atoms with Gasteiger partial charge < -0.3 is 5.11 Å². The van der Waals surface area contributed by atoms with Crippen molar-refractivity contribution in [1.29, 1.82) is 0 Å². The summed E-state index contributed by atoms with van der Waals surface area (Å²) < 4.78 is 0. The van der Waals surface area contributed by atoms with Gasteiger partial charge >= 0.3 is 5.97 Å². The highest BCUT2D eigenvalue weighted by Gasteiger charge is 1.99. The van der Waals surface area contributed by atoms with Gasteiger partial charge in [0.25, 0.3) is 0 Å². The average molecular weight is 187 g/mol. The SMILES string of the molecule is CC.O=C(O)c1ccc(Cl)cc1. The lowest BCUT2D eigenvalue weighted by Crippen LogP contribution is -1.94. The number of halogens is 1. The highest BCUT2D eigenvalue weighted by atomic mass is 35.5. The van der Waals surface area contributed by atoms with Crippen LogP contribution < -0.4 is 0 Å². The maximum absolute atomic E-state index is 10.3. The van der Waals surface area contributed by atoms with Crippen LogP contribution in [0, 0.1) is 0 Å². The molecule has 1 N–H and O–H groups in total. The zero-order valence-electron chi connectivity index (χ0n) is 7.04. The lowest BCUT2D eigenvalue weighted by atomic mass is 10.2. The predicted octanol–water partition coefficient (Wildman–Crippen LogP) is 3.06. The Bertz CT molecular complexity index is 241. The maximum Gasteiger partial charge on any atom is 0.335 e. The lowest BCUT2D eigenvalue weighted by molar-refractivity contribution is 0.0697. The summed E-state index contributed by atoms with van der Waals surface area (Å²) in [5.74, 6) is -0.934. The molecule has 0 atom stereocenters. The Morgan fingerprint density at radius 2 is 1.67 bits per heavy atom. The monoisotopic (exact) mass is 186 g/mol. The van der Waals surface area contributed by atoms with Crippen LogP contribution in [-0.4, -0.2) is 11.1 Å². The van der Waals surface area contributed by atoms with Crippen molar-refractivity contribution < 1.29 is 9.90 Å². The van der Waals surface area contributed by atoms with E-state index in [0.29, 0.717) is 5.02 Å². The first-order valence-electron chi connectivity index (χ1n) is 3.69. The molecule has 1 aromatic rings. The van der Waals surface area contributed by atoms with Crippen LogP contribution in [0.2, 0.25) is 5.02 Å². The highest BCUT2D eigenvalue weighted by Crippen LogP contribution is 2.08. The Balaban J connectivity index is 0.000000561. The molecule has 2 nitrogen and oxygen atoms in total. The minimum absolute atomic E-state index is 0.254. The number of hydrogen-bond acceptors (Lipinski definition) is 1. The first kappa shape index (κ1) is 11.0. The van der Waals surface area contributed by atoms with Gasteiger partial charge in [-0.25, -0.2) is 4.79 Å². The number of carboxylic acid groups (broad SMARTS) is 1. The fourth-order valence-corrected chi connectivity index (χ4v) is 0.718. The number of rotatable bonds is 1. The molecule has 0 aliphatic heterocycles. The van der Waals surface area contributed by atoms with E-state index in [2.05, 4.69) is 0 Å². The first-order valence-corrected chi connectivity index (χ1v) is 4.07. The third kappa shape index (κ3) is 3.39. The van der Waals surface area contributed by atoms with E-state index in [1.807, 2.05) is 13.8 Å². The molecule has 0 amide bonds. The minimum Gasteiger partial charge on any atom is -0.478 e. The number of benzene rings is 1. The molecule has 1 aromatic carbocycles. The van der Waals surface area contributed by atoms with Gasteiger partial charge in [-0.3, -0.25) is 0 Å². The summed E-state index contributed by atoms with van der Waals surface area (Å²) in [6.07, 6.45) is 0. The molecule has 0 aliphatic rings. The molecule has 0 bridgehead atoms. The Labute approximate surface area is 76.8 Å². The fourth-order valence-electron chi connectivity index (χ4n) is 0.592. The van der Waals surface area contributed by atoms with Gasteiger partial charge in [0.05, 0.1) is 5.56 Å². The molecule has 0 spiro atoms. The van der Waals surface area contributed by atoms with Crippen molar-refractivity contribution in [3.05, 3.63) is 34.9 Å². The summed E-state index contributed by atoms with van der Waals surface area (Å²) in [4.78, 5) is 10.3. The quantitative estimate of drug-likeness (QED) is 0.732. The van der Waals surface area contributed by atoms with Crippen molar-refractivity contribution in [3.8, 4) is 0 Å². The molecular formula is C9H11ClO2. The molecule has 3 heteroatoms. The molecule has 0 heterocycles. The van der Waals surface area contributed by atoms with Crippen molar-refractivity contribution in [2.45, 2.75) is 13.8 Å². The molecule has 0 aliphatic carbocycles. The molecular weight excluding hydrogens is 176 g/mol. The second kappa shape index (κ2) is 5.61. The second-order valence-corrected chi connectivity index (χ2v) is 2.25. The molecule has 0 saturated carbocycles. The van der Waals surface area contributed by atoms with Gasteiger partial charge in [0.1, 0.15) is 0 Å². The van der Waals surface area contributed by atoms with Crippen molar-refractivity contribution >= 4 is 17.6 Å². The first-order chi connectivity index (χ1) is 5.70. The van der Waals surface area contributed by atoms with Crippen LogP contribution in [0.5, 0.6) is 0 Å². The van der Waals surface area contributed by atoms with Crippen LogP contribution in [0.4, 0.5) is 0 Å². The molecule has 0 radical (unpaired) electrons. The van der Waals surface area contributed by atoms with E-state index in [9.17, 15) is 4.79 Å². The fraction of sp³-hybridized carbons (Fsp3) is 0.222. The number of aromatic carboxylic acids is 1. The largest absolute Gasteiger partial charge is 0.478 e. The topological polar surface area (TPSA) is 37.3 Å². The van der Waals surface area contributed by atoms with Crippen LogP contribution in [-0.2, 0) is 0 Å². The zero-order valence-corrected chi connectivity index (χ0v) is 7.80. The van der Waals surface area contributed by atoms with Crippen LogP contribution in [0.25, 0.3) is 0 Å². The second-order valence-electron chi connectivity index (χ2n) is 1.81. The summed E-state index contributed by atoms with van der Waals surface area (Å²) in [6.45, 7) is 4.00. The van der Waals surface area contributed by atoms with Crippen molar-refractivity contribution in [2.75, 3.05) is 0 Å². The van der Waals surface area contributed by atoms with Crippen LogP contribution in [0.15, 0.2) is 24.3 Å². The van der Waals surface area contributed by atoms with Gasteiger partial charge in [0.15, 0.2) is 0 Å². The number of hydrogen-bond donors (Lipinski definition) is 1. The van der Waals surface area contributed by atoms with Crippen molar-refractivity contribution in [3.63, 3.8) is 0 Å². The molecule has 66 valence electrons. The Kier molecular flexibility index (Phi) is 5.13. The molecule has 1 rings (SSSR count). The summed E-state index contributed by atoms with van der Waals surface area (Å²) in [6, 6.07) is 6.02. The molecule has 0 fully saturated rings. The van der Waals surface area contributed by atoms with E-state index in [4.69, 9.17) is 16.7 Å². The van der Waals surface area contributed by atoms with Crippen LogP contribution in [0.3, 0.4) is 0 Å². The smallest absolute Gasteiger partial charge is 0.335 e. The Morgan fingerprint density at radius 1 is 1.25 bits per heavy atom. The van der Waals surface area contributed by atoms with Crippen molar-refractivity contribution in [2.24, 2.45) is 0 Å². The third-order valence-electron chi connectivity index (χ3n) is 1.09. The normalized spacial score (nSPS) is 8.25. The van der Waals surface area contributed by atoms with Gasteiger partial charge in [-0.1, -0.05) is 25.4 Å². The van der Waals surface area contributed by atoms with Crippen LogP contribution >= 0.6 is 11.6 Å². The van der Waals surface area contributed by atoms with Crippen LogP contribution in [0.1, 0.15) is 24.2 Å². The summed E-state index contributed by atoms with van der Waals surface area (Å²) in [5, 5.41) is 8.98. The molecule has 0 saturated heterocycles. The summed E-state index contributed by atoms with van der Waals surface area (Å²) >= 11 is 5.52. The van der Waals surface area contributed by atoms with E-state index in [1.165, 1.54) is 12.1 Å². The van der Waals surface area contributed by atoms with E-state index in [-0.39, 0.29) is 5.56 Å². The number of carboxylic acids is 1. The predicted molar refractivity (Wildman–Crippen MR) is 49.8 cm³/mol. The number of carbonyl (C=O) groups is 1. The minimum atomic E-state index is -0.934. The molecule has 0 unspecified atom stereocenters. The average Bonchev–Trinajstić information content (AvgIpc) is 2.09.